The molecule has 1 aromatic rings. The summed E-state index contributed by atoms with van der Waals surface area (Å²) in [6, 6.07) is 2.58. The van der Waals surface area contributed by atoms with Gasteiger partial charge < -0.3 is 18.1 Å². The van der Waals surface area contributed by atoms with Crippen LogP contribution in [0.15, 0.2) is 18.3 Å². The Labute approximate surface area is 129 Å². The van der Waals surface area contributed by atoms with Crippen molar-refractivity contribution >= 4 is 6.98 Å². The van der Waals surface area contributed by atoms with E-state index in [0.29, 0.717) is 0 Å². The third kappa shape index (κ3) is 6.03. The maximum absolute atomic E-state index is 12.1. The largest absolute Gasteiger partial charge is 1.00 e. The van der Waals surface area contributed by atoms with Crippen molar-refractivity contribution in [3.05, 3.63) is 29.6 Å². The van der Waals surface area contributed by atoms with Crippen molar-refractivity contribution < 1.29 is 69.4 Å². The van der Waals surface area contributed by atoms with Gasteiger partial charge in [-0.2, -0.15) is 0 Å². The third-order valence-corrected chi connectivity index (χ3v) is 1.74. The predicted molar refractivity (Wildman–Crippen MR) is 47.7 cm³/mol. The molecule has 0 aromatic carbocycles. The number of aromatic nitrogens is 1. The Bertz CT molecular complexity index is 319. The van der Waals surface area contributed by atoms with Gasteiger partial charge in [0.1, 0.15) is 0 Å². The Hall–Kier alpha value is 0.601. The van der Waals surface area contributed by atoms with Crippen LogP contribution in [0.5, 0.6) is 0 Å². The van der Waals surface area contributed by atoms with Crippen LogP contribution in [0.2, 0.25) is 0 Å². The number of hydrogen-bond acceptors (Lipinski definition) is 2. The minimum atomic E-state index is -4.83. The number of halogens is 3. The van der Waals surface area contributed by atoms with Gasteiger partial charge in [-0.3, -0.25) is 4.98 Å². The van der Waals surface area contributed by atoms with E-state index in [0.717, 1.165) is 0 Å². The van der Waals surface area contributed by atoms with E-state index < -0.39 is 19.4 Å². The molecule has 0 saturated carbocycles. The molecule has 0 aliphatic heterocycles. The van der Waals surface area contributed by atoms with Gasteiger partial charge in [-0.15, -0.1) is 0 Å². The first-order chi connectivity index (χ1) is 6.38. The molecule has 1 unspecified atom stereocenters. The van der Waals surface area contributed by atoms with Crippen molar-refractivity contribution in [3.63, 3.8) is 0 Å². The summed E-state index contributed by atoms with van der Waals surface area (Å²) in [4.78, 5) is 3.76. The minimum Gasteiger partial charge on any atom is -0.449 e. The average Bonchev–Trinajstić information content (AvgIpc) is 2.01. The molecule has 1 heterocycles. The van der Waals surface area contributed by atoms with E-state index in [-0.39, 0.29) is 62.6 Å². The van der Waals surface area contributed by atoms with Crippen LogP contribution in [0.1, 0.15) is 24.3 Å². The monoisotopic (exact) mass is 243 g/mol. The topological polar surface area (TPSA) is 33.1 Å². The van der Waals surface area contributed by atoms with E-state index in [2.05, 4.69) is 4.98 Å². The van der Waals surface area contributed by atoms with E-state index in [1.165, 1.54) is 25.3 Å². The van der Waals surface area contributed by atoms with Crippen LogP contribution in [0.25, 0.3) is 0 Å². The van der Waals surface area contributed by atoms with Gasteiger partial charge in [0.05, 0.1) is 11.8 Å². The number of aliphatic hydroxyl groups excluding tert-OH is 1. The SMILES string of the molecule is CC(O)c1cc(C[B-](F)(F)F)ccn1.[K+]. The molecule has 0 aliphatic rings. The molecule has 0 spiro atoms. The van der Waals surface area contributed by atoms with E-state index in [9.17, 15) is 12.9 Å². The summed E-state index contributed by atoms with van der Waals surface area (Å²) in [6.07, 6.45) is -0.489. The van der Waals surface area contributed by atoms with Gasteiger partial charge in [0, 0.05) is 6.20 Å². The van der Waals surface area contributed by atoms with Crippen molar-refractivity contribution in [3.8, 4) is 0 Å². The van der Waals surface area contributed by atoms with Crippen LogP contribution in [0, 0.1) is 0 Å². The maximum atomic E-state index is 12.1. The molecule has 1 rings (SSSR count). The van der Waals surface area contributed by atoms with Crippen LogP contribution in [0.3, 0.4) is 0 Å². The molecule has 0 amide bonds. The van der Waals surface area contributed by atoms with Crippen molar-refractivity contribution in [1.29, 1.82) is 0 Å². The van der Waals surface area contributed by atoms with Gasteiger partial charge in [0.2, 0.25) is 0 Å². The third-order valence-electron chi connectivity index (χ3n) is 1.74. The Morgan fingerprint density at radius 1 is 1.47 bits per heavy atom. The number of pyridine rings is 1. The number of hydrogen-bond donors (Lipinski definition) is 1. The van der Waals surface area contributed by atoms with Crippen molar-refractivity contribution in [2.24, 2.45) is 0 Å². The second-order valence-corrected chi connectivity index (χ2v) is 3.18. The van der Waals surface area contributed by atoms with Crippen LogP contribution in [-0.4, -0.2) is 17.1 Å². The first kappa shape index (κ1) is 15.6. The normalized spacial score (nSPS) is 13.1. The van der Waals surface area contributed by atoms with Crippen molar-refractivity contribution in [2.45, 2.75) is 19.3 Å². The summed E-state index contributed by atoms with van der Waals surface area (Å²) in [5, 5.41) is 9.11. The fourth-order valence-electron chi connectivity index (χ4n) is 1.12. The molecule has 0 saturated heterocycles. The number of aliphatic hydroxyl groups is 1. The summed E-state index contributed by atoms with van der Waals surface area (Å²) in [5.74, 6) is 0. The van der Waals surface area contributed by atoms with Gasteiger partial charge in [0.15, 0.2) is 0 Å². The standard InChI is InChI=1S/C8H10BF3NO.K/c1-6(14)8-4-7(2-3-13-8)5-9(10,11)12;/h2-4,6,14H,5H2,1H3;/q-1;+1. The van der Waals surface area contributed by atoms with Gasteiger partial charge in [0.25, 0.3) is 0 Å². The molecule has 78 valence electrons. The number of nitrogens with zero attached hydrogens (tertiary/aromatic N) is 1. The Morgan fingerprint density at radius 2 is 2.07 bits per heavy atom. The molecule has 0 fully saturated rings. The molecule has 7 heteroatoms. The molecular weight excluding hydrogens is 233 g/mol. The number of rotatable bonds is 3. The molecule has 0 radical (unpaired) electrons. The van der Waals surface area contributed by atoms with Gasteiger partial charge >= 0.3 is 58.4 Å². The predicted octanol–water partition coefficient (Wildman–Crippen LogP) is -0.932. The Balaban J connectivity index is 0.00000196. The second kappa shape index (κ2) is 6.36. The van der Waals surface area contributed by atoms with E-state index in [4.69, 9.17) is 5.11 Å². The average molecular weight is 243 g/mol. The minimum absolute atomic E-state index is 0. The summed E-state index contributed by atoms with van der Waals surface area (Å²) in [7, 11) is 0. The fourth-order valence-corrected chi connectivity index (χ4v) is 1.12. The van der Waals surface area contributed by atoms with Crippen LogP contribution in [-0.2, 0) is 6.32 Å². The van der Waals surface area contributed by atoms with Crippen LogP contribution < -0.4 is 51.4 Å². The smallest absolute Gasteiger partial charge is 0.449 e. The van der Waals surface area contributed by atoms with Crippen molar-refractivity contribution in [2.75, 3.05) is 0 Å². The quantitative estimate of drug-likeness (QED) is 0.696. The second-order valence-electron chi connectivity index (χ2n) is 3.18. The summed E-state index contributed by atoms with van der Waals surface area (Å²) < 4.78 is 36.2. The Morgan fingerprint density at radius 3 is 2.53 bits per heavy atom. The molecule has 15 heavy (non-hydrogen) atoms. The zero-order valence-electron chi connectivity index (χ0n) is 8.62. The van der Waals surface area contributed by atoms with Crippen molar-refractivity contribution in [1.82, 2.24) is 4.98 Å². The zero-order valence-corrected chi connectivity index (χ0v) is 11.7. The van der Waals surface area contributed by atoms with E-state index in [1.807, 2.05) is 0 Å². The first-order valence-corrected chi connectivity index (χ1v) is 4.22. The van der Waals surface area contributed by atoms with E-state index in [1.54, 1.807) is 0 Å². The summed E-state index contributed by atoms with van der Waals surface area (Å²) in [6.45, 7) is -3.36. The molecule has 1 N–H and O–H groups in total. The molecule has 0 aliphatic carbocycles. The molecular formula is C8H10BF3KNO. The maximum Gasteiger partial charge on any atom is 1.00 e. The molecule has 1 aromatic heterocycles. The van der Waals surface area contributed by atoms with Crippen LogP contribution in [0.4, 0.5) is 12.9 Å². The molecule has 0 bridgehead atoms. The molecule has 1 atom stereocenters. The van der Waals surface area contributed by atoms with Gasteiger partial charge in [-0.25, -0.2) is 0 Å². The first-order valence-electron chi connectivity index (χ1n) is 4.22. The zero-order chi connectivity index (χ0) is 10.8. The molecule has 2 nitrogen and oxygen atoms in total. The van der Waals surface area contributed by atoms with Gasteiger partial charge in [-0.05, 0) is 19.1 Å². The summed E-state index contributed by atoms with van der Waals surface area (Å²) >= 11 is 0. The van der Waals surface area contributed by atoms with Gasteiger partial charge in [-0.1, -0.05) is 11.9 Å². The van der Waals surface area contributed by atoms with E-state index >= 15 is 0 Å². The Kier molecular flexibility index (Phi) is 6.62. The van der Waals surface area contributed by atoms with Crippen LogP contribution >= 0.6 is 0 Å². The summed E-state index contributed by atoms with van der Waals surface area (Å²) in [5.41, 5.74) is 0.408. The fraction of sp³-hybridized carbons (Fsp3) is 0.375.